The van der Waals surface area contributed by atoms with Gasteiger partial charge in [-0.3, -0.25) is 0 Å². The highest BCUT2D eigenvalue weighted by molar-refractivity contribution is 5.95. The van der Waals surface area contributed by atoms with Crippen LogP contribution in [0.2, 0.25) is 0 Å². The van der Waals surface area contributed by atoms with Gasteiger partial charge in [0, 0.05) is 17.4 Å². The molecule has 0 amide bonds. The summed E-state index contributed by atoms with van der Waals surface area (Å²) in [5.41, 5.74) is 8.49. The summed E-state index contributed by atoms with van der Waals surface area (Å²) in [7, 11) is 1.36. The Kier molecular flexibility index (Phi) is 2.64. The molecular weight excluding hydrogens is 204 g/mol. The second-order valence-electron chi connectivity index (χ2n) is 3.38. The summed E-state index contributed by atoms with van der Waals surface area (Å²) < 4.78 is 4.69. The topological polar surface area (TPSA) is 68.1 Å². The molecule has 0 unspecified atom stereocenters. The van der Waals surface area contributed by atoms with Crippen LogP contribution >= 0.6 is 0 Å². The molecule has 4 heteroatoms. The highest BCUT2D eigenvalue weighted by Gasteiger charge is 2.13. The third kappa shape index (κ3) is 1.77. The maximum absolute atomic E-state index is 11.5. The number of esters is 1. The fourth-order valence-corrected chi connectivity index (χ4v) is 1.54. The quantitative estimate of drug-likeness (QED) is 0.596. The van der Waals surface area contributed by atoms with Crippen LogP contribution in [0.15, 0.2) is 36.5 Å². The van der Waals surface area contributed by atoms with Gasteiger partial charge in [-0.1, -0.05) is 12.1 Å². The smallest absolute Gasteiger partial charge is 0.355 e. The number of nitrogen functional groups attached to an aromatic ring is 1. The van der Waals surface area contributed by atoms with E-state index in [1.54, 1.807) is 18.3 Å². The Balaban J connectivity index is 2.44. The zero-order valence-electron chi connectivity index (χ0n) is 8.86. The molecule has 0 aliphatic rings. The monoisotopic (exact) mass is 216 g/mol. The van der Waals surface area contributed by atoms with E-state index in [2.05, 4.69) is 9.72 Å². The summed E-state index contributed by atoms with van der Waals surface area (Å²) in [5.74, 6) is -0.378. The Hall–Kier alpha value is -2.23. The molecule has 82 valence electrons. The molecule has 0 radical (unpaired) electrons. The summed E-state index contributed by atoms with van der Waals surface area (Å²) in [5, 5.41) is 0. The molecule has 0 aliphatic carbocycles. The number of ether oxygens (including phenoxy) is 1. The first-order chi connectivity index (χ1) is 7.72. The van der Waals surface area contributed by atoms with Crippen molar-refractivity contribution in [3.8, 4) is 11.1 Å². The summed E-state index contributed by atoms with van der Waals surface area (Å²) in [4.78, 5) is 14.3. The molecule has 0 aliphatic heterocycles. The van der Waals surface area contributed by atoms with Crippen LogP contribution < -0.4 is 5.73 Å². The zero-order chi connectivity index (χ0) is 11.5. The molecule has 0 saturated heterocycles. The van der Waals surface area contributed by atoms with Crippen LogP contribution in [0.4, 0.5) is 5.69 Å². The average Bonchev–Trinajstić information content (AvgIpc) is 2.78. The van der Waals surface area contributed by atoms with Crippen molar-refractivity contribution < 1.29 is 9.53 Å². The molecular formula is C12H12N2O2. The molecule has 0 spiro atoms. The van der Waals surface area contributed by atoms with E-state index in [9.17, 15) is 4.79 Å². The van der Waals surface area contributed by atoms with E-state index in [0.717, 1.165) is 11.1 Å². The first-order valence-electron chi connectivity index (χ1n) is 4.84. The second kappa shape index (κ2) is 4.10. The molecule has 3 N–H and O–H groups in total. The van der Waals surface area contributed by atoms with Crippen LogP contribution in [-0.2, 0) is 4.74 Å². The third-order valence-corrected chi connectivity index (χ3v) is 2.36. The van der Waals surface area contributed by atoms with Gasteiger partial charge in [0.2, 0.25) is 0 Å². The first kappa shape index (κ1) is 10.3. The van der Waals surface area contributed by atoms with Crippen LogP contribution in [0.5, 0.6) is 0 Å². The minimum absolute atomic E-state index is 0.378. The number of aromatic amines is 1. The molecule has 0 fully saturated rings. The van der Waals surface area contributed by atoms with Gasteiger partial charge in [0.25, 0.3) is 0 Å². The predicted octanol–water partition coefficient (Wildman–Crippen LogP) is 2.05. The Bertz CT molecular complexity index is 500. The Morgan fingerprint density at radius 3 is 2.56 bits per heavy atom. The summed E-state index contributed by atoms with van der Waals surface area (Å²) in [6, 6.07) is 9.15. The van der Waals surface area contributed by atoms with Crippen molar-refractivity contribution in [2.45, 2.75) is 0 Å². The lowest BCUT2D eigenvalue weighted by molar-refractivity contribution is 0.0596. The Morgan fingerprint density at radius 2 is 1.94 bits per heavy atom. The van der Waals surface area contributed by atoms with E-state index < -0.39 is 0 Å². The lowest BCUT2D eigenvalue weighted by Crippen LogP contribution is -2.03. The number of hydrogen-bond acceptors (Lipinski definition) is 3. The van der Waals surface area contributed by atoms with Crippen molar-refractivity contribution in [1.29, 1.82) is 0 Å². The average molecular weight is 216 g/mol. The summed E-state index contributed by atoms with van der Waals surface area (Å²) >= 11 is 0. The van der Waals surface area contributed by atoms with Gasteiger partial charge in [-0.15, -0.1) is 0 Å². The number of hydrogen-bond donors (Lipinski definition) is 2. The fourth-order valence-electron chi connectivity index (χ4n) is 1.54. The van der Waals surface area contributed by atoms with Crippen LogP contribution in [0.3, 0.4) is 0 Å². The van der Waals surface area contributed by atoms with E-state index in [1.165, 1.54) is 7.11 Å². The van der Waals surface area contributed by atoms with Crippen molar-refractivity contribution in [2.24, 2.45) is 0 Å². The molecule has 4 nitrogen and oxygen atoms in total. The predicted molar refractivity (Wildman–Crippen MR) is 62.0 cm³/mol. The minimum Gasteiger partial charge on any atom is -0.464 e. The number of nitrogens with two attached hydrogens (primary N) is 1. The third-order valence-electron chi connectivity index (χ3n) is 2.36. The van der Waals surface area contributed by atoms with Crippen molar-refractivity contribution in [1.82, 2.24) is 4.98 Å². The summed E-state index contributed by atoms with van der Waals surface area (Å²) in [6.07, 6.45) is 1.71. The second-order valence-corrected chi connectivity index (χ2v) is 3.38. The fraction of sp³-hybridized carbons (Fsp3) is 0.0833. The van der Waals surface area contributed by atoms with Gasteiger partial charge in [0.15, 0.2) is 0 Å². The number of carbonyl (C=O) groups is 1. The number of carbonyl (C=O) groups excluding carboxylic acids is 1. The van der Waals surface area contributed by atoms with Gasteiger partial charge in [0.05, 0.1) is 7.11 Å². The van der Waals surface area contributed by atoms with E-state index in [4.69, 9.17) is 5.73 Å². The van der Waals surface area contributed by atoms with Gasteiger partial charge >= 0.3 is 5.97 Å². The van der Waals surface area contributed by atoms with Crippen molar-refractivity contribution in [3.05, 3.63) is 42.2 Å². The maximum Gasteiger partial charge on any atom is 0.355 e. The Labute approximate surface area is 93.0 Å². The van der Waals surface area contributed by atoms with Crippen molar-refractivity contribution in [3.63, 3.8) is 0 Å². The van der Waals surface area contributed by atoms with E-state index in [-0.39, 0.29) is 5.97 Å². The van der Waals surface area contributed by atoms with Crippen molar-refractivity contribution >= 4 is 11.7 Å². The first-order valence-corrected chi connectivity index (χ1v) is 4.84. The Morgan fingerprint density at radius 1 is 1.25 bits per heavy atom. The number of anilines is 1. The molecule has 0 bridgehead atoms. The minimum atomic E-state index is -0.378. The number of aromatic nitrogens is 1. The highest BCUT2D eigenvalue weighted by atomic mass is 16.5. The maximum atomic E-state index is 11.5. The standard InChI is InChI=1S/C12H12N2O2/c1-16-12(15)11-10(6-7-14-11)8-2-4-9(13)5-3-8/h2-7,14H,13H2,1H3. The van der Waals surface area contributed by atoms with Crippen molar-refractivity contribution in [2.75, 3.05) is 12.8 Å². The number of benzene rings is 1. The molecule has 1 aromatic heterocycles. The molecule has 2 rings (SSSR count). The lowest BCUT2D eigenvalue weighted by atomic mass is 10.1. The largest absolute Gasteiger partial charge is 0.464 e. The van der Waals surface area contributed by atoms with Gasteiger partial charge in [-0.05, 0) is 23.8 Å². The van der Waals surface area contributed by atoms with E-state index in [1.807, 2.05) is 18.2 Å². The van der Waals surface area contributed by atoms with Gasteiger partial charge in [-0.2, -0.15) is 0 Å². The molecule has 0 saturated carbocycles. The molecule has 0 atom stereocenters. The van der Waals surface area contributed by atoms with Crippen LogP contribution in [0, 0.1) is 0 Å². The molecule has 1 heterocycles. The van der Waals surface area contributed by atoms with E-state index in [0.29, 0.717) is 11.4 Å². The van der Waals surface area contributed by atoms with Crippen LogP contribution in [0.1, 0.15) is 10.5 Å². The molecule has 16 heavy (non-hydrogen) atoms. The summed E-state index contributed by atoms with van der Waals surface area (Å²) in [6.45, 7) is 0. The van der Waals surface area contributed by atoms with Crippen LogP contribution in [-0.4, -0.2) is 18.1 Å². The molecule has 1 aromatic carbocycles. The van der Waals surface area contributed by atoms with Gasteiger partial charge in [-0.25, -0.2) is 4.79 Å². The van der Waals surface area contributed by atoms with Crippen LogP contribution in [0.25, 0.3) is 11.1 Å². The molecule has 2 aromatic rings. The number of rotatable bonds is 2. The zero-order valence-corrected chi connectivity index (χ0v) is 8.86. The van der Waals surface area contributed by atoms with Gasteiger partial charge in [0.1, 0.15) is 5.69 Å². The van der Waals surface area contributed by atoms with Gasteiger partial charge < -0.3 is 15.5 Å². The SMILES string of the molecule is COC(=O)c1[nH]ccc1-c1ccc(N)cc1. The number of nitrogens with one attached hydrogen (secondary N) is 1. The normalized spacial score (nSPS) is 10.1. The number of H-pyrrole nitrogens is 1. The number of methoxy groups -OCH3 is 1. The lowest BCUT2D eigenvalue weighted by Gasteiger charge is -2.03. The van der Waals surface area contributed by atoms with E-state index >= 15 is 0 Å². The highest BCUT2D eigenvalue weighted by Crippen LogP contribution is 2.24.